The van der Waals surface area contributed by atoms with Gasteiger partial charge in [0, 0.05) is 6.20 Å². The van der Waals surface area contributed by atoms with Crippen LogP contribution < -0.4 is 0 Å². The molecule has 10 heavy (non-hydrogen) atoms. The topological polar surface area (TPSA) is 30.0 Å². The molecule has 0 spiro atoms. The van der Waals surface area contributed by atoms with Crippen molar-refractivity contribution >= 4 is 44.4 Å². The average Bonchev–Trinajstić information content (AvgIpc) is 1.95. The molecule has 0 aliphatic heterocycles. The quantitative estimate of drug-likeness (QED) is 0.588. The normalized spacial score (nSPS) is 9.80. The maximum absolute atomic E-state index is 10.4. The molecule has 0 saturated heterocycles. The summed E-state index contributed by atoms with van der Waals surface area (Å²) in [4.78, 5) is 3.71. The van der Waals surface area contributed by atoms with Gasteiger partial charge in [0.1, 0.15) is 5.15 Å². The van der Waals surface area contributed by atoms with Crippen molar-refractivity contribution in [3.63, 3.8) is 0 Å². The molecule has 0 saturated carbocycles. The molecule has 2 nitrogen and oxygen atoms in total. The van der Waals surface area contributed by atoms with Gasteiger partial charge in [-0.1, -0.05) is 23.2 Å². The standard InChI is InChI=1S/C5H2Cl2INO/c6-4-1-3(8-10)2-9-5(4)7/h1-2H. The summed E-state index contributed by atoms with van der Waals surface area (Å²) in [6.45, 7) is 0. The molecule has 0 aliphatic carbocycles. The fourth-order valence-corrected chi connectivity index (χ4v) is 1.59. The Morgan fingerprint density at radius 1 is 1.50 bits per heavy atom. The largest absolute Gasteiger partial charge is 0.265 e. The molecule has 0 aliphatic rings. The molecule has 0 N–H and O–H groups in total. The van der Waals surface area contributed by atoms with Gasteiger partial charge in [0.2, 0.25) is 0 Å². The first kappa shape index (κ1) is 8.36. The molecule has 5 heteroatoms. The Bertz CT molecular complexity index is 266. The van der Waals surface area contributed by atoms with Crippen LogP contribution in [0.4, 0.5) is 0 Å². The van der Waals surface area contributed by atoms with Crippen LogP contribution in [0.5, 0.6) is 0 Å². The van der Waals surface area contributed by atoms with Crippen LogP contribution in [0, 0.1) is 3.57 Å². The summed E-state index contributed by atoms with van der Waals surface area (Å²) >= 11 is 9.91. The molecule has 54 valence electrons. The number of rotatable bonds is 1. The third-order valence-electron chi connectivity index (χ3n) is 0.852. The molecule has 0 radical (unpaired) electrons. The van der Waals surface area contributed by atoms with Gasteiger partial charge in [0.15, 0.2) is 21.2 Å². The first-order valence-corrected chi connectivity index (χ1v) is 5.03. The lowest BCUT2D eigenvalue weighted by molar-refractivity contribution is 0.648. The lowest BCUT2D eigenvalue weighted by atomic mass is 10.5. The van der Waals surface area contributed by atoms with Crippen molar-refractivity contribution in [3.05, 3.63) is 26.0 Å². The highest BCUT2D eigenvalue weighted by Crippen LogP contribution is 2.21. The number of pyridine rings is 1. The highest BCUT2D eigenvalue weighted by Gasteiger charge is 1.98. The fraction of sp³-hybridized carbons (Fsp3) is 0. The van der Waals surface area contributed by atoms with E-state index in [1.54, 1.807) is 6.07 Å². The zero-order valence-corrected chi connectivity index (χ0v) is 8.31. The number of hydrogen-bond acceptors (Lipinski definition) is 2. The molecule has 1 rings (SSSR count). The maximum Gasteiger partial charge on any atom is 0.183 e. The molecule has 1 aromatic heterocycles. The summed E-state index contributed by atoms with van der Waals surface area (Å²) in [7, 11) is 0. The Morgan fingerprint density at radius 3 is 2.70 bits per heavy atom. The van der Waals surface area contributed by atoms with Crippen molar-refractivity contribution in [1.29, 1.82) is 0 Å². The summed E-state index contributed by atoms with van der Waals surface area (Å²) in [6.07, 6.45) is 1.47. The van der Waals surface area contributed by atoms with Gasteiger partial charge in [-0.25, -0.2) is 4.98 Å². The molecule has 1 heterocycles. The third-order valence-corrected chi connectivity index (χ3v) is 2.64. The molecule has 0 amide bonds. The maximum atomic E-state index is 10.4. The zero-order chi connectivity index (χ0) is 7.56. The Balaban J connectivity index is 3.16. The van der Waals surface area contributed by atoms with E-state index < -0.39 is 21.2 Å². The molecule has 0 bridgehead atoms. The van der Waals surface area contributed by atoms with E-state index >= 15 is 0 Å². The summed E-state index contributed by atoms with van der Waals surface area (Å²) in [5, 5.41) is 0.609. The molecule has 0 atom stereocenters. The highest BCUT2D eigenvalue weighted by atomic mass is 127. The number of aromatic nitrogens is 1. The van der Waals surface area contributed by atoms with Crippen LogP contribution in [0.2, 0.25) is 10.2 Å². The van der Waals surface area contributed by atoms with E-state index in [1.807, 2.05) is 0 Å². The summed E-state index contributed by atoms with van der Waals surface area (Å²) in [5.74, 6) is 0. The van der Waals surface area contributed by atoms with Gasteiger partial charge in [-0.15, -0.1) is 0 Å². The van der Waals surface area contributed by atoms with Crippen molar-refractivity contribution in [1.82, 2.24) is 4.98 Å². The second-order valence-corrected chi connectivity index (χ2v) is 3.95. The Labute approximate surface area is 78.2 Å². The second kappa shape index (κ2) is 3.59. The van der Waals surface area contributed by atoms with Crippen molar-refractivity contribution in [3.8, 4) is 0 Å². The van der Waals surface area contributed by atoms with Gasteiger partial charge < -0.3 is 0 Å². The summed E-state index contributed by atoms with van der Waals surface area (Å²) < 4.78 is 11.0. The highest BCUT2D eigenvalue weighted by molar-refractivity contribution is 14.1. The lowest BCUT2D eigenvalue weighted by Gasteiger charge is -1.91. The average molecular weight is 290 g/mol. The van der Waals surface area contributed by atoms with Crippen LogP contribution in [0.3, 0.4) is 0 Å². The van der Waals surface area contributed by atoms with E-state index in [2.05, 4.69) is 4.98 Å². The Hall–Kier alpha value is 0.260. The van der Waals surface area contributed by atoms with Crippen molar-refractivity contribution < 1.29 is 3.07 Å². The molecule has 0 fully saturated rings. The number of nitrogens with zero attached hydrogens (tertiary/aromatic N) is 1. The SMILES string of the molecule is O=Ic1cnc(Cl)c(Cl)c1. The van der Waals surface area contributed by atoms with E-state index in [1.165, 1.54) is 6.20 Å². The third kappa shape index (κ3) is 1.87. The van der Waals surface area contributed by atoms with Crippen LogP contribution in [0.25, 0.3) is 0 Å². The summed E-state index contributed by atoms with van der Waals surface area (Å²) in [6, 6.07) is 1.57. The molecule has 0 unspecified atom stereocenters. The predicted molar refractivity (Wildman–Crippen MR) is 47.7 cm³/mol. The van der Waals surface area contributed by atoms with Crippen LogP contribution in [0.15, 0.2) is 12.3 Å². The molecular formula is C5H2Cl2INO. The monoisotopic (exact) mass is 289 g/mol. The lowest BCUT2D eigenvalue weighted by Crippen LogP contribution is -1.77. The van der Waals surface area contributed by atoms with Gasteiger partial charge in [-0.3, -0.25) is 3.07 Å². The molecular weight excluding hydrogens is 288 g/mol. The fourth-order valence-electron chi connectivity index (χ4n) is 0.440. The molecule has 0 aromatic carbocycles. The minimum atomic E-state index is -1.18. The van der Waals surface area contributed by atoms with Gasteiger partial charge in [0.25, 0.3) is 0 Å². The van der Waals surface area contributed by atoms with Gasteiger partial charge in [0.05, 0.1) is 8.59 Å². The minimum absolute atomic E-state index is 0.253. The first-order valence-electron chi connectivity index (χ1n) is 2.32. The minimum Gasteiger partial charge on any atom is -0.265 e. The van der Waals surface area contributed by atoms with E-state index in [-0.39, 0.29) is 5.15 Å². The first-order chi connectivity index (χ1) is 4.74. The van der Waals surface area contributed by atoms with Crippen LogP contribution >= 0.6 is 44.4 Å². The van der Waals surface area contributed by atoms with Crippen molar-refractivity contribution in [2.75, 3.05) is 0 Å². The van der Waals surface area contributed by atoms with Crippen LogP contribution in [-0.2, 0) is 3.07 Å². The van der Waals surface area contributed by atoms with E-state index in [0.29, 0.717) is 8.59 Å². The number of halogens is 3. The number of hydrogen-bond donors (Lipinski definition) is 0. The van der Waals surface area contributed by atoms with Crippen molar-refractivity contribution in [2.24, 2.45) is 0 Å². The van der Waals surface area contributed by atoms with Crippen LogP contribution in [0.1, 0.15) is 0 Å². The predicted octanol–water partition coefficient (Wildman–Crippen LogP) is 2.87. The van der Waals surface area contributed by atoms with Crippen molar-refractivity contribution in [2.45, 2.75) is 0 Å². The van der Waals surface area contributed by atoms with E-state index in [4.69, 9.17) is 23.2 Å². The summed E-state index contributed by atoms with van der Waals surface area (Å²) in [5.41, 5.74) is 0. The molecule has 1 aromatic rings. The smallest absolute Gasteiger partial charge is 0.183 e. The van der Waals surface area contributed by atoms with Gasteiger partial charge >= 0.3 is 0 Å². The van der Waals surface area contributed by atoms with Gasteiger partial charge in [-0.05, 0) is 6.07 Å². The zero-order valence-electron chi connectivity index (χ0n) is 4.64. The van der Waals surface area contributed by atoms with E-state index in [0.717, 1.165) is 0 Å². The van der Waals surface area contributed by atoms with E-state index in [9.17, 15) is 3.07 Å². The Kier molecular flexibility index (Phi) is 3.00. The second-order valence-electron chi connectivity index (χ2n) is 1.50. The van der Waals surface area contributed by atoms with Crippen LogP contribution in [-0.4, -0.2) is 4.98 Å². The van der Waals surface area contributed by atoms with Gasteiger partial charge in [-0.2, -0.15) is 0 Å². The Morgan fingerprint density at radius 2 is 2.20 bits per heavy atom.